The zero-order valence-corrected chi connectivity index (χ0v) is 15.5. The maximum absolute atomic E-state index is 13.2. The molecular weight excluding hydrogens is 381 g/mol. The van der Waals surface area contributed by atoms with Crippen LogP contribution in [0.15, 0.2) is 58.6 Å². The van der Waals surface area contributed by atoms with Crippen LogP contribution < -0.4 is 4.72 Å². The van der Waals surface area contributed by atoms with E-state index in [1.807, 2.05) is 10.8 Å². The van der Waals surface area contributed by atoms with Gasteiger partial charge in [-0.15, -0.1) is 11.3 Å². The fourth-order valence-corrected chi connectivity index (χ4v) is 5.18. The van der Waals surface area contributed by atoms with Gasteiger partial charge in [-0.3, -0.25) is 0 Å². The van der Waals surface area contributed by atoms with Crippen LogP contribution in [0, 0.1) is 5.82 Å². The average molecular weight is 398 g/mol. The molecule has 3 aromatic rings. The molecule has 1 aromatic carbocycles. The first-order chi connectivity index (χ1) is 11.9. The van der Waals surface area contributed by atoms with E-state index in [0.717, 1.165) is 0 Å². The number of thiophene rings is 2. The molecule has 1 unspecified atom stereocenters. The normalized spacial score (nSPS) is 14.3. The van der Waals surface area contributed by atoms with Crippen molar-refractivity contribution < 1.29 is 17.9 Å². The molecule has 0 saturated heterocycles. The fourth-order valence-electron chi connectivity index (χ4n) is 2.46. The monoisotopic (exact) mass is 397 g/mol. The van der Waals surface area contributed by atoms with E-state index in [4.69, 9.17) is 0 Å². The summed E-state index contributed by atoms with van der Waals surface area (Å²) in [7, 11) is -3.74. The average Bonchev–Trinajstić information content (AvgIpc) is 3.26. The molecular formula is C17H16FNO3S3. The predicted molar refractivity (Wildman–Crippen MR) is 98.7 cm³/mol. The molecule has 25 heavy (non-hydrogen) atoms. The molecule has 0 amide bonds. The zero-order chi connectivity index (χ0) is 17.9. The van der Waals surface area contributed by atoms with Gasteiger partial charge in [0.25, 0.3) is 0 Å². The lowest BCUT2D eigenvalue weighted by atomic mass is 9.95. The van der Waals surface area contributed by atoms with Crippen LogP contribution >= 0.6 is 22.7 Å². The Labute approximate surface area is 153 Å². The largest absolute Gasteiger partial charge is 0.378 e. The summed E-state index contributed by atoms with van der Waals surface area (Å²) in [4.78, 5) is 0.652. The molecule has 8 heteroatoms. The molecule has 4 nitrogen and oxygen atoms in total. The van der Waals surface area contributed by atoms with Crippen molar-refractivity contribution in [3.8, 4) is 0 Å². The van der Waals surface area contributed by atoms with E-state index in [1.165, 1.54) is 40.9 Å². The van der Waals surface area contributed by atoms with Crippen LogP contribution in [0.2, 0.25) is 0 Å². The van der Waals surface area contributed by atoms with Crippen molar-refractivity contribution in [1.82, 2.24) is 4.72 Å². The lowest BCUT2D eigenvalue weighted by molar-refractivity contribution is 0.0903. The minimum Gasteiger partial charge on any atom is -0.378 e. The summed E-state index contributed by atoms with van der Waals surface area (Å²) in [6, 6.07) is 10.8. The molecule has 0 radical (unpaired) electrons. The first-order valence-electron chi connectivity index (χ1n) is 7.40. The summed E-state index contributed by atoms with van der Waals surface area (Å²) in [6.07, 6.45) is 0. The lowest BCUT2D eigenvalue weighted by Crippen LogP contribution is -2.41. The molecule has 132 valence electrons. The Kier molecular flexibility index (Phi) is 5.35. The second-order valence-electron chi connectivity index (χ2n) is 5.56. The third kappa shape index (κ3) is 4.34. The SMILES string of the molecule is O=S(=O)(Cc1cccc(F)c1)NCC(O)(c1ccsc1)c1cccs1. The molecule has 1 atom stereocenters. The lowest BCUT2D eigenvalue weighted by Gasteiger charge is -2.27. The molecule has 3 rings (SSSR count). The molecule has 2 aromatic heterocycles. The first kappa shape index (κ1) is 18.2. The maximum Gasteiger partial charge on any atom is 0.215 e. The van der Waals surface area contributed by atoms with Crippen molar-refractivity contribution in [2.75, 3.05) is 6.54 Å². The van der Waals surface area contributed by atoms with E-state index in [0.29, 0.717) is 16.0 Å². The minimum absolute atomic E-state index is 0.193. The fraction of sp³-hybridized carbons (Fsp3) is 0.176. The summed E-state index contributed by atoms with van der Waals surface area (Å²) in [5, 5.41) is 16.6. The van der Waals surface area contributed by atoms with Crippen molar-refractivity contribution in [2.24, 2.45) is 0 Å². The summed E-state index contributed by atoms with van der Waals surface area (Å²) in [6.45, 7) is -0.193. The molecule has 0 fully saturated rings. The van der Waals surface area contributed by atoms with Crippen LogP contribution in [-0.2, 0) is 21.4 Å². The topological polar surface area (TPSA) is 66.4 Å². The van der Waals surface area contributed by atoms with Gasteiger partial charge in [0.05, 0.1) is 5.75 Å². The van der Waals surface area contributed by atoms with Crippen LogP contribution in [-0.4, -0.2) is 20.1 Å². The van der Waals surface area contributed by atoms with E-state index < -0.39 is 21.4 Å². The van der Waals surface area contributed by atoms with Crippen molar-refractivity contribution in [3.63, 3.8) is 0 Å². The van der Waals surface area contributed by atoms with Crippen LogP contribution in [0.1, 0.15) is 16.0 Å². The van der Waals surface area contributed by atoms with Crippen molar-refractivity contribution in [3.05, 3.63) is 80.4 Å². The third-order valence-electron chi connectivity index (χ3n) is 3.72. The van der Waals surface area contributed by atoms with Gasteiger partial charge in [0.15, 0.2) is 0 Å². The highest BCUT2D eigenvalue weighted by Crippen LogP contribution is 2.33. The van der Waals surface area contributed by atoms with Gasteiger partial charge >= 0.3 is 0 Å². The van der Waals surface area contributed by atoms with Crippen LogP contribution in [0.25, 0.3) is 0 Å². The summed E-state index contributed by atoms with van der Waals surface area (Å²) >= 11 is 2.78. The van der Waals surface area contributed by atoms with Gasteiger partial charge in [0.1, 0.15) is 11.4 Å². The number of nitrogens with one attached hydrogen (secondary N) is 1. The minimum atomic E-state index is -3.74. The summed E-state index contributed by atoms with van der Waals surface area (Å²) < 4.78 is 40.4. The van der Waals surface area contributed by atoms with Gasteiger partial charge in [-0.05, 0) is 46.0 Å². The number of benzene rings is 1. The highest BCUT2D eigenvalue weighted by molar-refractivity contribution is 7.88. The van der Waals surface area contributed by atoms with E-state index >= 15 is 0 Å². The smallest absolute Gasteiger partial charge is 0.215 e. The predicted octanol–water partition coefficient (Wildman–Crippen LogP) is 3.30. The van der Waals surface area contributed by atoms with Gasteiger partial charge in [-0.25, -0.2) is 17.5 Å². The van der Waals surface area contributed by atoms with Crippen molar-refractivity contribution >= 4 is 32.7 Å². The molecule has 0 spiro atoms. The van der Waals surface area contributed by atoms with Gasteiger partial charge < -0.3 is 5.11 Å². The highest BCUT2D eigenvalue weighted by atomic mass is 32.2. The number of rotatable bonds is 7. The standard InChI is InChI=1S/C17H16FNO3S3/c18-15-4-1-3-13(9-15)11-25(21,22)19-12-17(20,14-6-8-23-10-14)16-5-2-7-24-16/h1-10,19-20H,11-12H2. The zero-order valence-electron chi connectivity index (χ0n) is 13.1. The van der Waals surface area contributed by atoms with Gasteiger partial charge in [0.2, 0.25) is 10.0 Å². The molecule has 0 aliphatic heterocycles. The summed E-state index contributed by atoms with van der Waals surface area (Å²) in [5.74, 6) is -0.837. The molecule has 0 bridgehead atoms. The number of hydrogen-bond acceptors (Lipinski definition) is 5. The quantitative estimate of drug-likeness (QED) is 0.643. The second-order valence-corrected chi connectivity index (χ2v) is 9.09. The number of aliphatic hydroxyl groups is 1. The Morgan fingerprint density at radius 3 is 2.64 bits per heavy atom. The van der Waals surface area contributed by atoms with E-state index in [-0.39, 0.29) is 12.3 Å². The van der Waals surface area contributed by atoms with E-state index in [2.05, 4.69) is 4.72 Å². The number of hydrogen-bond donors (Lipinski definition) is 2. The Hall–Kier alpha value is -1.58. The number of sulfonamides is 1. The van der Waals surface area contributed by atoms with E-state index in [9.17, 15) is 17.9 Å². The Bertz CT molecular complexity index is 888. The van der Waals surface area contributed by atoms with Crippen LogP contribution in [0.4, 0.5) is 4.39 Å². The Balaban J connectivity index is 1.79. The van der Waals surface area contributed by atoms with Gasteiger partial charge in [0, 0.05) is 17.0 Å². The molecule has 0 aliphatic carbocycles. The Morgan fingerprint density at radius 1 is 1.16 bits per heavy atom. The second kappa shape index (κ2) is 7.35. The molecule has 0 aliphatic rings. The van der Waals surface area contributed by atoms with Gasteiger partial charge in [-0.1, -0.05) is 18.2 Å². The van der Waals surface area contributed by atoms with Crippen molar-refractivity contribution in [2.45, 2.75) is 11.4 Å². The van der Waals surface area contributed by atoms with Gasteiger partial charge in [-0.2, -0.15) is 11.3 Å². The molecule has 0 saturated carbocycles. The summed E-state index contributed by atoms with van der Waals surface area (Å²) in [5.41, 5.74) is -0.459. The van der Waals surface area contributed by atoms with E-state index in [1.54, 1.807) is 29.6 Å². The molecule has 2 heterocycles. The third-order valence-corrected chi connectivity index (χ3v) is 6.72. The number of halogens is 1. The van der Waals surface area contributed by atoms with Crippen LogP contribution in [0.5, 0.6) is 0 Å². The Morgan fingerprint density at radius 2 is 2.00 bits per heavy atom. The first-order valence-corrected chi connectivity index (χ1v) is 10.9. The molecule has 2 N–H and O–H groups in total. The maximum atomic E-state index is 13.2. The highest BCUT2D eigenvalue weighted by Gasteiger charge is 2.34. The van der Waals surface area contributed by atoms with Crippen LogP contribution in [0.3, 0.4) is 0 Å². The van der Waals surface area contributed by atoms with Crippen molar-refractivity contribution in [1.29, 1.82) is 0 Å².